The standard InChI is InChI=1S/C18H31ClO/c1-3-5-7-8-9-10-11-12-14-16-18(20)17(19)15-13-6-4-2/h6,13,17-18,20H,3-5,7-11,15-16H2,1-2H3/b13-6-/t17-,18-/m1/s1. The molecule has 0 saturated heterocycles. The summed E-state index contributed by atoms with van der Waals surface area (Å²) in [7, 11) is 0. The molecule has 0 rings (SSSR count). The van der Waals surface area contributed by atoms with Crippen LogP contribution in [0.2, 0.25) is 0 Å². The highest BCUT2D eigenvalue weighted by Gasteiger charge is 2.13. The summed E-state index contributed by atoms with van der Waals surface area (Å²) < 4.78 is 0. The van der Waals surface area contributed by atoms with E-state index >= 15 is 0 Å². The molecule has 0 heterocycles. The van der Waals surface area contributed by atoms with Crippen LogP contribution in [0.5, 0.6) is 0 Å². The van der Waals surface area contributed by atoms with Crippen molar-refractivity contribution in [3.8, 4) is 11.8 Å². The topological polar surface area (TPSA) is 20.2 Å². The number of allylic oxidation sites excluding steroid dienone is 2. The van der Waals surface area contributed by atoms with E-state index in [1.807, 2.05) is 6.08 Å². The Morgan fingerprint density at radius 1 is 1.00 bits per heavy atom. The van der Waals surface area contributed by atoms with Crippen molar-refractivity contribution >= 4 is 11.6 Å². The highest BCUT2D eigenvalue weighted by Crippen LogP contribution is 2.12. The third-order valence-corrected chi connectivity index (χ3v) is 3.74. The van der Waals surface area contributed by atoms with Crippen molar-refractivity contribution in [3.63, 3.8) is 0 Å². The lowest BCUT2D eigenvalue weighted by molar-refractivity contribution is 0.175. The molecule has 0 unspecified atom stereocenters. The van der Waals surface area contributed by atoms with E-state index in [1.165, 1.54) is 38.5 Å². The number of hydrogen-bond donors (Lipinski definition) is 1. The lowest BCUT2D eigenvalue weighted by Gasteiger charge is -2.12. The largest absolute Gasteiger partial charge is 0.391 e. The molecule has 0 radical (unpaired) electrons. The maximum absolute atomic E-state index is 9.85. The Kier molecular flexibility index (Phi) is 14.6. The Hall–Kier alpha value is -0.450. The first-order chi connectivity index (χ1) is 9.72. The van der Waals surface area contributed by atoms with E-state index in [9.17, 15) is 5.11 Å². The summed E-state index contributed by atoms with van der Waals surface area (Å²) >= 11 is 6.11. The van der Waals surface area contributed by atoms with Gasteiger partial charge in [-0.3, -0.25) is 0 Å². The van der Waals surface area contributed by atoms with Gasteiger partial charge in [-0.05, 0) is 19.3 Å². The van der Waals surface area contributed by atoms with Crippen LogP contribution in [-0.2, 0) is 0 Å². The summed E-state index contributed by atoms with van der Waals surface area (Å²) in [5.74, 6) is 6.19. The van der Waals surface area contributed by atoms with Crippen LogP contribution in [0.25, 0.3) is 0 Å². The zero-order chi connectivity index (χ0) is 15.1. The van der Waals surface area contributed by atoms with Gasteiger partial charge in [0.25, 0.3) is 0 Å². The van der Waals surface area contributed by atoms with Crippen molar-refractivity contribution in [2.24, 2.45) is 0 Å². The maximum Gasteiger partial charge on any atom is 0.0815 e. The van der Waals surface area contributed by atoms with Crippen LogP contribution in [0.15, 0.2) is 12.2 Å². The molecule has 2 heteroatoms. The van der Waals surface area contributed by atoms with Crippen LogP contribution in [0.4, 0.5) is 0 Å². The van der Waals surface area contributed by atoms with E-state index in [2.05, 4.69) is 31.8 Å². The van der Waals surface area contributed by atoms with Gasteiger partial charge in [0.2, 0.25) is 0 Å². The first kappa shape index (κ1) is 19.6. The second-order valence-electron chi connectivity index (χ2n) is 5.27. The number of rotatable bonds is 11. The highest BCUT2D eigenvalue weighted by atomic mass is 35.5. The van der Waals surface area contributed by atoms with Gasteiger partial charge in [0, 0.05) is 12.8 Å². The number of unbranched alkanes of at least 4 members (excludes halogenated alkanes) is 6. The number of aliphatic hydroxyl groups is 1. The van der Waals surface area contributed by atoms with Gasteiger partial charge in [-0.15, -0.1) is 23.4 Å². The number of hydrogen-bond acceptors (Lipinski definition) is 1. The number of alkyl halides is 1. The average molecular weight is 299 g/mol. The van der Waals surface area contributed by atoms with Gasteiger partial charge < -0.3 is 5.11 Å². The molecule has 0 amide bonds. The molecule has 116 valence electrons. The van der Waals surface area contributed by atoms with Crippen molar-refractivity contribution in [2.75, 3.05) is 0 Å². The number of aliphatic hydroxyl groups excluding tert-OH is 1. The van der Waals surface area contributed by atoms with Gasteiger partial charge in [-0.25, -0.2) is 0 Å². The van der Waals surface area contributed by atoms with Crippen LogP contribution in [0.1, 0.15) is 78.1 Å². The van der Waals surface area contributed by atoms with Crippen molar-refractivity contribution in [2.45, 2.75) is 89.5 Å². The van der Waals surface area contributed by atoms with Crippen molar-refractivity contribution < 1.29 is 5.11 Å². The summed E-state index contributed by atoms with van der Waals surface area (Å²) in [6.07, 6.45) is 14.5. The summed E-state index contributed by atoms with van der Waals surface area (Å²) in [6.45, 7) is 4.32. The second kappa shape index (κ2) is 14.9. The van der Waals surface area contributed by atoms with Gasteiger partial charge in [0.15, 0.2) is 0 Å². The Morgan fingerprint density at radius 3 is 2.40 bits per heavy atom. The molecule has 0 aromatic heterocycles. The fraction of sp³-hybridized carbons (Fsp3) is 0.778. The maximum atomic E-state index is 9.85. The minimum Gasteiger partial charge on any atom is -0.391 e. The summed E-state index contributed by atoms with van der Waals surface area (Å²) in [4.78, 5) is 0. The monoisotopic (exact) mass is 298 g/mol. The molecule has 0 fully saturated rings. The SMILES string of the molecule is CC/C=C\C[C@@H](Cl)[C@H](O)CC#CCCCCCCCC. The molecule has 0 aliphatic carbocycles. The Labute approximate surface area is 130 Å². The molecule has 2 atom stereocenters. The van der Waals surface area contributed by atoms with E-state index in [0.717, 1.165) is 19.3 Å². The second-order valence-corrected chi connectivity index (χ2v) is 5.83. The van der Waals surface area contributed by atoms with E-state index in [4.69, 9.17) is 11.6 Å². The summed E-state index contributed by atoms with van der Waals surface area (Å²) in [5, 5.41) is 9.63. The fourth-order valence-corrected chi connectivity index (χ4v) is 2.13. The summed E-state index contributed by atoms with van der Waals surface area (Å²) in [5.41, 5.74) is 0. The molecule has 0 aliphatic heterocycles. The molecule has 0 aromatic carbocycles. The molecule has 0 aliphatic rings. The highest BCUT2D eigenvalue weighted by molar-refractivity contribution is 6.21. The first-order valence-electron chi connectivity index (χ1n) is 8.15. The normalized spacial score (nSPS) is 14.0. The van der Waals surface area contributed by atoms with Crippen LogP contribution >= 0.6 is 11.6 Å². The van der Waals surface area contributed by atoms with E-state index in [-0.39, 0.29) is 5.38 Å². The molecule has 1 N–H and O–H groups in total. The smallest absolute Gasteiger partial charge is 0.0815 e. The lowest BCUT2D eigenvalue weighted by atomic mass is 10.1. The Bertz CT molecular complexity index is 288. The summed E-state index contributed by atoms with van der Waals surface area (Å²) in [6, 6.07) is 0. The zero-order valence-electron chi connectivity index (χ0n) is 13.2. The third-order valence-electron chi connectivity index (χ3n) is 3.27. The molecule has 1 nitrogen and oxygen atoms in total. The predicted octanol–water partition coefficient (Wildman–Crippen LogP) is 5.46. The van der Waals surface area contributed by atoms with Crippen LogP contribution in [-0.4, -0.2) is 16.6 Å². The van der Waals surface area contributed by atoms with Crippen LogP contribution in [0, 0.1) is 11.8 Å². The van der Waals surface area contributed by atoms with Crippen molar-refractivity contribution in [1.29, 1.82) is 0 Å². The van der Waals surface area contributed by atoms with E-state index in [1.54, 1.807) is 0 Å². The molecule has 0 saturated carbocycles. The zero-order valence-corrected chi connectivity index (χ0v) is 14.0. The number of halogens is 1. The quantitative estimate of drug-likeness (QED) is 0.232. The molecule has 0 aromatic rings. The molecule has 20 heavy (non-hydrogen) atoms. The van der Waals surface area contributed by atoms with E-state index < -0.39 is 6.10 Å². The Morgan fingerprint density at radius 2 is 1.70 bits per heavy atom. The van der Waals surface area contributed by atoms with Crippen LogP contribution in [0.3, 0.4) is 0 Å². The molecular weight excluding hydrogens is 268 g/mol. The molecule has 0 bridgehead atoms. The van der Waals surface area contributed by atoms with Gasteiger partial charge in [-0.1, -0.05) is 58.1 Å². The van der Waals surface area contributed by atoms with Crippen molar-refractivity contribution in [1.82, 2.24) is 0 Å². The van der Waals surface area contributed by atoms with Gasteiger partial charge in [0.1, 0.15) is 0 Å². The van der Waals surface area contributed by atoms with Crippen molar-refractivity contribution in [3.05, 3.63) is 12.2 Å². The lowest BCUT2D eigenvalue weighted by Crippen LogP contribution is -2.19. The van der Waals surface area contributed by atoms with Gasteiger partial charge >= 0.3 is 0 Å². The Balaban J connectivity index is 3.56. The first-order valence-corrected chi connectivity index (χ1v) is 8.58. The average Bonchev–Trinajstić information content (AvgIpc) is 2.45. The van der Waals surface area contributed by atoms with Crippen LogP contribution < -0.4 is 0 Å². The van der Waals surface area contributed by atoms with Gasteiger partial charge in [-0.2, -0.15) is 0 Å². The van der Waals surface area contributed by atoms with E-state index in [0.29, 0.717) is 6.42 Å². The minimum absolute atomic E-state index is 0.221. The molecule has 0 spiro atoms. The minimum atomic E-state index is -0.518. The predicted molar refractivity (Wildman–Crippen MR) is 90.1 cm³/mol. The fourth-order valence-electron chi connectivity index (χ4n) is 1.94. The van der Waals surface area contributed by atoms with Gasteiger partial charge in [0.05, 0.1) is 11.5 Å². The third kappa shape index (κ3) is 12.6. The molecular formula is C18H31ClO.